The summed E-state index contributed by atoms with van der Waals surface area (Å²) in [6, 6.07) is 9.96. The quantitative estimate of drug-likeness (QED) is 0.690. The summed E-state index contributed by atoms with van der Waals surface area (Å²) < 4.78 is 11.2. The number of hydrogen-bond acceptors (Lipinski definition) is 7. The molecule has 0 bridgehead atoms. The third kappa shape index (κ3) is 7.28. The van der Waals surface area contributed by atoms with Gasteiger partial charge in [0, 0.05) is 38.9 Å². The summed E-state index contributed by atoms with van der Waals surface area (Å²) >= 11 is 0. The zero-order valence-electron chi connectivity index (χ0n) is 19.8. The zero-order valence-corrected chi connectivity index (χ0v) is 19.8. The lowest BCUT2D eigenvalue weighted by molar-refractivity contribution is 0.0240. The summed E-state index contributed by atoms with van der Waals surface area (Å²) in [5.41, 5.74) is 0.643. The van der Waals surface area contributed by atoms with Gasteiger partial charge in [0.1, 0.15) is 17.2 Å². The van der Waals surface area contributed by atoms with E-state index in [1.54, 1.807) is 11.1 Å². The van der Waals surface area contributed by atoms with Crippen LogP contribution in [0.2, 0.25) is 0 Å². The number of piperazine rings is 1. The van der Waals surface area contributed by atoms with Crippen LogP contribution in [0.1, 0.15) is 40.2 Å². The molecule has 1 aromatic carbocycles. The lowest BCUT2D eigenvalue weighted by Gasteiger charge is -2.36. The van der Waals surface area contributed by atoms with E-state index in [4.69, 9.17) is 9.47 Å². The molecule has 174 valence electrons. The van der Waals surface area contributed by atoms with Crippen molar-refractivity contribution in [2.75, 3.05) is 43.0 Å². The Labute approximate surface area is 190 Å². The van der Waals surface area contributed by atoms with E-state index in [1.165, 1.54) is 0 Å². The first kappa shape index (κ1) is 23.6. The number of aromatic nitrogens is 2. The maximum Gasteiger partial charge on any atom is 0.410 e. The molecular formula is C24H35N5O3. The van der Waals surface area contributed by atoms with E-state index in [0.717, 1.165) is 17.1 Å². The van der Waals surface area contributed by atoms with E-state index in [1.807, 2.05) is 51.1 Å². The number of carbonyl (C=O) groups is 1. The first-order valence-corrected chi connectivity index (χ1v) is 11.2. The first-order chi connectivity index (χ1) is 15.2. The van der Waals surface area contributed by atoms with E-state index in [-0.39, 0.29) is 6.09 Å². The molecule has 0 unspecified atom stereocenters. The fourth-order valence-corrected chi connectivity index (χ4v) is 3.20. The smallest absolute Gasteiger partial charge is 0.410 e. The van der Waals surface area contributed by atoms with Crippen molar-refractivity contribution in [3.63, 3.8) is 0 Å². The lowest BCUT2D eigenvalue weighted by Crippen LogP contribution is -2.50. The molecule has 1 fully saturated rings. The Hall–Kier alpha value is -3.03. The van der Waals surface area contributed by atoms with Crippen LogP contribution < -0.4 is 15.0 Å². The lowest BCUT2D eigenvalue weighted by atomic mass is 10.2. The van der Waals surface area contributed by atoms with E-state index in [2.05, 4.69) is 34.0 Å². The van der Waals surface area contributed by atoms with Gasteiger partial charge in [-0.05, 0) is 50.5 Å². The normalized spacial score (nSPS) is 14.4. The van der Waals surface area contributed by atoms with Crippen molar-refractivity contribution < 1.29 is 14.3 Å². The molecule has 3 rings (SSSR count). The Morgan fingerprint density at radius 1 is 1.09 bits per heavy atom. The molecule has 32 heavy (non-hydrogen) atoms. The number of hydrogen-bond donors (Lipinski definition) is 1. The third-order valence-corrected chi connectivity index (χ3v) is 4.85. The van der Waals surface area contributed by atoms with Gasteiger partial charge >= 0.3 is 6.09 Å². The number of benzene rings is 1. The molecule has 1 aliphatic rings. The molecule has 0 radical (unpaired) electrons. The number of carbonyl (C=O) groups excluding carboxylic acids is 1. The second-order valence-corrected chi connectivity index (χ2v) is 9.40. The van der Waals surface area contributed by atoms with Gasteiger partial charge in [-0.15, -0.1) is 0 Å². The van der Waals surface area contributed by atoms with Gasteiger partial charge in [0.15, 0.2) is 0 Å². The van der Waals surface area contributed by atoms with Crippen molar-refractivity contribution in [2.24, 2.45) is 5.92 Å². The predicted octanol–water partition coefficient (Wildman–Crippen LogP) is 4.18. The molecule has 0 atom stereocenters. The number of rotatable bonds is 7. The third-order valence-electron chi connectivity index (χ3n) is 4.85. The molecule has 2 aromatic rings. The molecule has 1 amide bonds. The predicted molar refractivity (Wildman–Crippen MR) is 126 cm³/mol. The van der Waals surface area contributed by atoms with Gasteiger partial charge in [0.2, 0.25) is 5.95 Å². The van der Waals surface area contributed by atoms with Crippen molar-refractivity contribution >= 4 is 17.9 Å². The molecule has 0 aliphatic carbocycles. The van der Waals surface area contributed by atoms with Gasteiger partial charge in [-0.25, -0.2) is 9.78 Å². The van der Waals surface area contributed by atoms with E-state index < -0.39 is 5.60 Å². The summed E-state index contributed by atoms with van der Waals surface area (Å²) in [6.07, 6.45) is 1.50. The molecular weight excluding hydrogens is 406 g/mol. The largest absolute Gasteiger partial charge is 0.493 e. The highest BCUT2D eigenvalue weighted by Gasteiger charge is 2.26. The van der Waals surface area contributed by atoms with Crippen molar-refractivity contribution in [3.05, 3.63) is 42.1 Å². The van der Waals surface area contributed by atoms with Gasteiger partial charge in [0.05, 0.1) is 6.61 Å². The topological polar surface area (TPSA) is 79.8 Å². The Bertz CT molecular complexity index is 872. The minimum absolute atomic E-state index is 0.261. The van der Waals surface area contributed by atoms with E-state index >= 15 is 0 Å². The number of nitrogens with zero attached hydrogens (tertiary/aromatic N) is 4. The fourth-order valence-electron chi connectivity index (χ4n) is 3.20. The van der Waals surface area contributed by atoms with Crippen LogP contribution in [0.25, 0.3) is 0 Å². The van der Waals surface area contributed by atoms with Crippen molar-refractivity contribution in [2.45, 2.75) is 46.8 Å². The van der Waals surface area contributed by atoms with Crippen molar-refractivity contribution in [1.82, 2.24) is 14.9 Å². The second-order valence-electron chi connectivity index (χ2n) is 9.40. The number of anilines is 2. The average molecular weight is 442 g/mol. The summed E-state index contributed by atoms with van der Waals surface area (Å²) in [4.78, 5) is 25.2. The molecule has 1 aliphatic heterocycles. The van der Waals surface area contributed by atoms with Crippen molar-refractivity contribution in [1.29, 1.82) is 0 Å². The number of amides is 1. The highest BCUT2D eigenvalue weighted by atomic mass is 16.6. The van der Waals surface area contributed by atoms with E-state index in [9.17, 15) is 4.79 Å². The summed E-state index contributed by atoms with van der Waals surface area (Å²) in [5.74, 6) is 2.81. The molecule has 1 N–H and O–H groups in total. The molecule has 8 nitrogen and oxygen atoms in total. The number of nitrogens with one attached hydrogen (secondary N) is 1. The van der Waals surface area contributed by atoms with Crippen molar-refractivity contribution in [3.8, 4) is 5.75 Å². The average Bonchev–Trinajstić information content (AvgIpc) is 2.76. The maximum atomic E-state index is 12.3. The van der Waals surface area contributed by atoms with Crippen LogP contribution in [-0.4, -0.2) is 59.3 Å². The molecule has 1 aromatic heterocycles. The van der Waals surface area contributed by atoms with Crippen LogP contribution in [-0.2, 0) is 11.3 Å². The molecule has 1 saturated heterocycles. The summed E-state index contributed by atoms with van der Waals surface area (Å²) in [6.45, 7) is 13.9. The Balaban J connectivity index is 1.50. The van der Waals surface area contributed by atoms with Crippen LogP contribution in [0.4, 0.5) is 16.6 Å². The number of ether oxygens (including phenoxy) is 2. The highest BCUT2D eigenvalue weighted by Crippen LogP contribution is 2.18. The highest BCUT2D eigenvalue weighted by molar-refractivity contribution is 5.68. The molecule has 8 heteroatoms. The zero-order chi connectivity index (χ0) is 23.1. The van der Waals surface area contributed by atoms with Crippen LogP contribution in [0.15, 0.2) is 36.5 Å². The Morgan fingerprint density at radius 3 is 2.41 bits per heavy atom. The summed E-state index contributed by atoms with van der Waals surface area (Å²) in [7, 11) is 0. The van der Waals surface area contributed by atoms with Crippen LogP contribution in [0, 0.1) is 5.92 Å². The van der Waals surface area contributed by atoms with E-state index in [0.29, 0.717) is 51.2 Å². The minimum Gasteiger partial charge on any atom is -0.493 e. The minimum atomic E-state index is -0.483. The second kappa shape index (κ2) is 10.5. The summed E-state index contributed by atoms with van der Waals surface area (Å²) in [5, 5.41) is 3.29. The SMILES string of the molecule is CC(C)COc1ccc(CNc2nccc(N3CCN(C(=O)OC(C)(C)C)CC3)n2)cc1. The molecule has 0 spiro atoms. The van der Waals surface area contributed by atoms with Gasteiger partial charge in [-0.1, -0.05) is 26.0 Å². The van der Waals surface area contributed by atoms with Gasteiger partial charge in [-0.2, -0.15) is 4.98 Å². The standard InChI is InChI=1S/C24H35N5O3/c1-18(2)17-31-20-8-6-19(7-9-20)16-26-22-25-11-10-21(27-22)28-12-14-29(15-13-28)23(30)32-24(3,4)5/h6-11,18H,12-17H2,1-5H3,(H,25,26,27). The van der Waals surface area contributed by atoms with Gasteiger partial charge < -0.3 is 24.6 Å². The molecule has 0 saturated carbocycles. The van der Waals surface area contributed by atoms with Gasteiger partial charge in [0.25, 0.3) is 0 Å². The fraction of sp³-hybridized carbons (Fsp3) is 0.542. The van der Waals surface area contributed by atoms with Crippen LogP contribution in [0.5, 0.6) is 5.75 Å². The first-order valence-electron chi connectivity index (χ1n) is 11.2. The monoisotopic (exact) mass is 441 g/mol. The Kier molecular flexibility index (Phi) is 7.77. The Morgan fingerprint density at radius 2 is 1.78 bits per heavy atom. The van der Waals surface area contributed by atoms with Crippen LogP contribution in [0.3, 0.4) is 0 Å². The maximum absolute atomic E-state index is 12.3. The van der Waals surface area contributed by atoms with Crippen LogP contribution >= 0.6 is 0 Å². The van der Waals surface area contributed by atoms with Gasteiger partial charge in [-0.3, -0.25) is 0 Å². The molecule has 2 heterocycles.